The molecule has 1 amide bonds. The number of H-pyrrole nitrogens is 1. The number of amides is 1. The first kappa shape index (κ1) is 15.4. The van der Waals surface area contributed by atoms with Gasteiger partial charge in [-0.15, -0.1) is 0 Å². The highest BCUT2D eigenvalue weighted by atomic mass is 16.5. The molecule has 1 aromatic heterocycles. The molecule has 1 aliphatic carbocycles. The molecule has 2 atom stereocenters. The Morgan fingerprint density at radius 2 is 2.08 bits per heavy atom. The maximum atomic E-state index is 12.6. The average molecular weight is 333 g/mol. The Labute approximate surface area is 146 Å². The highest BCUT2D eigenvalue weighted by Gasteiger charge is 2.39. The number of nitrogens with zero attached hydrogens (tertiary/aromatic N) is 1. The van der Waals surface area contributed by atoms with Crippen LogP contribution in [0.1, 0.15) is 28.3 Å². The van der Waals surface area contributed by atoms with Crippen LogP contribution in [0.2, 0.25) is 0 Å². The van der Waals surface area contributed by atoms with E-state index in [4.69, 9.17) is 4.74 Å². The van der Waals surface area contributed by atoms with E-state index in [2.05, 4.69) is 27.6 Å². The van der Waals surface area contributed by atoms with E-state index in [1.165, 1.54) is 5.56 Å². The second-order valence-electron chi connectivity index (χ2n) is 6.23. The summed E-state index contributed by atoms with van der Waals surface area (Å²) in [4.78, 5) is 12.6. The first-order chi connectivity index (χ1) is 12.3. The third kappa shape index (κ3) is 3.13. The number of carbonyl (C=O) groups is 1. The van der Waals surface area contributed by atoms with Crippen LogP contribution in [-0.4, -0.2) is 29.3 Å². The van der Waals surface area contributed by atoms with E-state index >= 15 is 0 Å². The minimum Gasteiger partial charge on any atom is -0.496 e. The van der Waals surface area contributed by atoms with Gasteiger partial charge in [0.25, 0.3) is 5.91 Å². The number of methoxy groups -OCH3 is 1. The van der Waals surface area contributed by atoms with E-state index < -0.39 is 0 Å². The predicted octanol–water partition coefficient (Wildman–Crippen LogP) is 3.37. The molecule has 5 nitrogen and oxygen atoms in total. The van der Waals surface area contributed by atoms with Crippen LogP contribution in [0.25, 0.3) is 11.1 Å². The minimum atomic E-state index is -0.0690. The van der Waals surface area contributed by atoms with Crippen LogP contribution in [0.15, 0.2) is 60.9 Å². The van der Waals surface area contributed by atoms with E-state index in [0.717, 1.165) is 17.5 Å². The number of hydrogen-bond donors (Lipinski definition) is 2. The molecule has 2 aromatic carbocycles. The normalized spacial score (nSPS) is 18.6. The molecule has 1 saturated carbocycles. The maximum Gasteiger partial charge on any atom is 0.251 e. The van der Waals surface area contributed by atoms with Gasteiger partial charge >= 0.3 is 0 Å². The van der Waals surface area contributed by atoms with E-state index in [1.54, 1.807) is 25.6 Å². The Hall–Kier alpha value is -3.08. The summed E-state index contributed by atoms with van der Waals surface area (Å²) in [5.41, 5.74) is 3.71. The first-order valence-electron chi connectivity index (χ1n) is 8.29. The van der Waals surface area contributed by atoms with Gasteiger partial charge in [0.15, 0.2) is 0 Å². The monoisotopic (exact) mass is 333 g/mol. The highest BCUT2D eigenvalue weighted by Crippen LogP contribution is 2.40. The number of aromatic amines is 1. The van der Waals surface area contributed by atoms with Gasteiger partial charge in [0.1, 0.15) is 5.75 Å². The third-order valence-electron chi connectivity index (χ3n) is 4.61. The highest BCUT2D eigenvalue weighted by molar-refractivity contribution is 5.96. The van der Waals surface area contributed by atoms with Crippen molar-refractivity contribution in [2.75, 3.05) is 7.11 Å². The second-order valence-corrected chi connectivity index (χ2v) is 6.23. The summed E-state index contributed by atoms with van der Waals surface area (Å²) in [7, 11) is 1.60. The van der Waals surface area contributed by atoms with Gasteiger partial charge in [-0.05, 0) is 30.2 Å². The van der Waals surface area contributed by atoms with Crippen molar-refractivity contribution < 1.29 is 9.53 Å². The molecule has 0 radical (unpaired) electrons. The molecule has 0 spiro atoms. The number of ether oxygens (including phenoxy) is 1. The topological polar surface area (TPSA) is 67.0 Å². The number of hydrogen-bond acceptors (Lipinski definition) is 3. The molecule has 4 rings (SSSR count). The summed E-state index contributed by atoms with van der Waals surface area (Å²) in [6, 6.07) is 16.0. The lowest BCUT2D eigenvalue weighted by atomic mass is 10.1. The molecular weight excluding hydrogens is 314 g/mol. The fraction of sp³-hybridized carbons (Fsp3) is 0.200. The van der Waals surface area contributed by atoms with Crippen molar-refractivity contribution in [3.63, 3.8) is 0 Å². The molecule has 0 bridgehead atoms. The van der Waals surface area contributed by atoms with Crippen molar-refractivity contribution in [1.82, 2.24) is 15.5 Å². The average Bonchev–Trinajstić information content (AvgIpc) is 3.20. The summed E-state index contributed by atoms with van der Waals surface area (Å²) in [6.45, 7) is 0. The fourth-order valence-corrected chi connectivity index (χ4v) is 3.14. The van der Waals surface area contributed by atoms with Crippen LogP contribution in [0, 0.1) is 0 Å². The smallest absolute Gasteiger partial charge is 0.251 e. The molecule has 0 unspecified atom stereocenters. The molecule has 5 heteroatoms. The number of carbonyl (C=O) groups excluding carboxylic acids is 1. The zero-order valence-electron chi connectivity index (χ0n) is 13.9. The van der Waals surface area contributed by atoms with Gasteiger partial charge in [-0.25, -0.2) is 0 Å². The molecule has 2 N–H and O–H groups in total. The van der Waals surface area contributed by atoms with Crippen molar-refractivity contribution in [3.8, 4) is 16.9 Å². The summed E-state index contributed by atoms with van der Waals surface area (Å²) in [6.07, 6.45) is 4.51. The first-order valence-corrected chi connectivity index (χ1v) is 8.29. The van der Waals surface area contributed by atoms with Crippen LogP contribution >= 0.6 is 0 Å². The molecule has 1 fully saturated rings. The standard InChI is InChI=1S/C20H19N3O2/c1-25-19-9-14(7-8-16(19)15-11-21-22-12-15)20(24)23-18-10-17(18)13-5-3-2-4-6-13/h2-9,11-12,17-18H,10H2,1H3,(H,21,22)(H,23,24)/t17-,18+/m0/s1. The summed E-state index contributed by atoms with van der Waals surface area (Å²) >= 11 is 0. The van der Waals surface area contributed by atoms with Crippen molar-refractivity contribution in [3.05, 3.63) is 72.1 Å². The van der Waals surface area contributed by atoms with Gasteiger partial charge in [-0.1, -0.05) is 30.3 Å². The summed E-state index contributed by atoms with van der Waals surface area (Å²) in [5.74, 6) is 1.00. The lowest BCUT2D eigenvalue weighted by Crippen LogP contribution is -2.26. The van der Waals surface area contributed by atoms with Crippen LogP contribution in [0.3, 0.4) is 0 Å². The number of aromatic nitrogens is 2. The Bertz CT molecular complexity index is 875. The Morgan fingerprint density at radius 1 is 1.24 bits per heavy atom. The maximum absolute atomic E-state index is 12.6. The van der Waals surface area contributed by atoms with Crippen LogP contribution in [0.4, 0.5) is 0 Å². The number of nitrogens with one attached hydrogen (secondary N) is 2. The number of rotatable bonds is 5. The predicted molar refractivity (Wildman–Crippen MR) is 95.6 cm³/mol. The quantitative estimate of drug-likeness (QED) is 0.752. The second kappa shape index (κ2) is 6.43. The fourth-order valence-electron chi connectivity index (χ4n) is 3.14. The van der Waals surface area contributed by atoms with Gasteiger partial charge in [-0.2, -0.15) is 5.10 Å². The van der Waals surface area contributed by atoms with Crippen LogP contribution < -0.4 is 10.1 Å². The van der Waals surface area contributed by atoms with Gasteiger partial charge in [-0.3, -0.25) is 9.89 Å². The number of benzene rings is 2. The molecular formula is C20H19N3O2. The summed E-state index contributed by atoms with van der Waals surface area (Å²) in [5, 5.41) is 9.85. The van der Waals surface area contributed by atoms with Crippen LogP contribution in [0.5, 0.6) is 5.75 Å². The van der Waals surface area contributed by atoms with E-state index in [1.807, 2.05) is 30.3 Å². The Balaban J connectivity index is 1.48. The van der Waals surface area contributed by atoms with Gasteiger partial charge in [0.2, 0.25) is 0 Å². The molecule has 126 valence electrons. The zero-order chi connectivity index (χ0) is 17.2. The van der Waals surface area contributed by atoms with Crippen molar-refractivity contribution >= 4 is 5.91 Å². The van der Waals surface area contributed by atoms with Crippen LogP contribution in [-0.2, 0) is 0 Å². The molecule has 0 aliphatic heterocycles. The van der Waals surface area contributed by atoms with Gasteiger partial charge < -0.3 is 10.1 Å². The Morgan fingerprint density at radius 3 is 2.80 bits per heavy atom. The SMILES string of the molecule is COc1cc(C(=O)N[C@@H]2C[C@H]2c2ccccc2)ccc1-c1cn[nH]c1. The molecule has 1 heterocycles. The lowest BCUT2D eigenvalue weighted by Gasteiger charge is -2.10. The van der Waals surface area contributed by atoms with Crippen molar-refractivity contribution in [2.24, 2.45) is 0 Å². The molecule has 0 saturated heterocycles. The minimum absolute atomic E-state index is 0.0690. The van der Waals surface area contributed by atoms with Crippen molar-refractivity contribution in [1.29, 1.82) is 0 Å². The molecule has 25 heavy (non-hydrogen) atoms. The zero-order valence-corrected chi connectivity index (χ0v) is 13.9. The van der Waals surface area contributed by atoms with Crippen molar-refractivity contribution in [2.45, 2.75) is 18.4 Å². The van der Waals surface area contributed by atoms with E-state index in [-0.39, 0.29) is 11.9 Å². The van der Waals surface area contributed by atoms with Gasteiger partial charge in [0, 0.05) is 34.8 Å². The largest absolute Gasteiger partial charge is 0.496 e. The molecule has 3 aromatic rings. The summed E-state index contributed by atoms with van der Waals surface area (Å²) < 4.78 is 5.45. The Kier molecular flexibility index (Phi) is 3.98. The van der Waals surface area contributed by atoms with Gasteiger partial charge in [0.05, 0.1) is 13.3 Å². The van der Waals surface area contributed by atoms with E-state index in [9.17, 15) is 4.79 Å². The lowest BCUT2D eigenvalue weighted by molar-refractivity contribution is 0.0950. The molecule has 1 aliphatic rings. The third-order valence-corrected chi connectivity index (χ3v) is 4.61. The van der Waals surface area contributed by atoms with E-state index in [0.29, 0.717) is 17.2 Å².